The first-order valence-electron chi connectivity index (χ1n) is 11.4. The number of benzene rings is 2. The molecule has 3 amide bonds. The fourth-order valence-electron chi connectivity index (χ4n) is 4.56. The molecular weight excluding hydrogens is 466 g/mol. The predicted molar refractivity (Wildman–Crippen MR) is 128 cm³/mol. The highest BCUT2D eigenvalue weighted by atomic mass is 19.2. The molecule has 1 aliphatic carbocycles. The molecule has 1 heterocycles. The van der Waals surface area contributed by atoms with Gasteiger partial charge in [0.05, 0.1) is 23.2 Å². The van der Waals surface area contributed by atoms with Crippen LogP contribution in [0.15, 0.2) is 66.3 Å². The van der Waals surface area contributed by atoms with E-state index >= 15 is 0 Å². The molecule has 1 unspecified atom stereocenters. The summed E-state index contributed by atoms with van der Waals surface area (Å²) in [6, 6.07) is 9.55. The van der Waals surface area contributed by atoms with Crippen molar-refractivity contribution in [1.82, 2.24) is 10.2 Å². The van der Waals surface area contributed by atoms with Crippen LogP contribution in [0.25, 0.3) is 0 Å². The Morgan fingerprint density at radius 2 is 1.78 bits per heavy atom. The average Bonchev–Trinajstić information content (AvgIpc) is 3.10. The second kappa shape index (κ2) is 10.5. The fraction of sp³-hybridized carbons (Fsp3) is 0.214. The van der Waals surface area contributed by atoms with E-state index in [9.17, 15) is 28.0 Å². The van der Waals surface area contributed by atoms with Gasteiger partial charge >= 0.3 is 0 Å². The minimum absolute atomic E-state index is 0.0839. The lowest BCUT2D eigenvalue weighted by molar-refractivity contribution is -0.125. The largest absolute Gasteiger partial charge is 0.341 e. The summed E-state index contributed by atoms with van der Waals surface area (Å²) in [5.74, 6) is -4.02. The number of carbonyl (C=O) groups excluding carboxylic acids is 4. The highest BCUT2D eigenvalue weighted by molar-refractivity contribution is 6.22. The summed E-state index contributed by atoms with van der Waals surface area (Å²) in [5, 5.41) is 2.47. The van der Waals surface area contributed by atoms with E-state index in [1.807, 2.05) is 0 Å². The van der Waals surface area contributed by atoms with Crippen molar-refractivity contribution in [2.45, 2.75) is 18.8 Å². The van der Waals surface area contributed by atoms with Gasteiger partial charge in [-0.3, -0.25) is 24.1 Å². The molecule has 0 spiro atoms. The van der Waals surface area contributed by atoms with Crippen molar-refractivity contribution >= 4 is 23.5 Å². The van der Waals surface area contributed by atoms with Crippen LogP contribution < -0.4 is 5.32 Å². The van der Waals surface area contributed by atoms with Gasteiger partial charge in [0.25, 0.3) is 17.7 Å². The first-order chi connectivity index (χ1) is 17.3. The van der Waals surface area contributed by atoms with E-state index in [1.54, 1.807) is 24.3 Å². The molecule has 36 heavy (non-hydrogen) atoms. The number of nitrogens with zero attached hydrogens (tertiary/aromatic N) is 1. The molecule has 182 valence electrons. The highest BCUT2D eigenvalue weighted by Crippen LogP contribution is 2.36. The molecule has 1 aliphatic heterocycles. The van der Waals surface area contributed by atoms with E-state index in [-0.39, 0.29) is 41.8 Å². The van der Waals surface area contributed by atoms with Gasteiger partial charge in [-0.15, -0.1) is 6.42 Å². The maximum absolute atomic E-state index is 14.3. The first kappa shape index (κ1) is 24.7. The SMILES string of the molecule is C#CCNC(=O)/C1=C/C=C\CC[C@H](C(CN2C(=O)c3ccccc3C2=O)c2ccc(F)c(F)c2)C1=O. The molecule has 2 atom stereocenters. The number of amides is 3. The van der Waals surface area contributed by atoms with E-state index in [2.05, 4.69) is 11.2 Å². The van der Waals surface area contributed by atoms with Gasteiger partial charge in [-0.1, -0.05) is 36.3 Å². The Labute approximate surface area is 206 Å². The predicted octanol–water partition coefficient (Wildman–Crippen LogP) is 3.56. The Hall–Kier alpha value is -4.38. The minimum Gasteiger partial charge on any atom is -0.341 e. The fourth-order valence-corrected chi connectivity index (χ4v) is 4.56. The maximum Gasteiger partial charge on any atom is 0.261 e. The van der Waals surface area contributed by atoms with Crippen LogP contribution in [0.2, 0.25) is 0 Å². The summed E-state index contributed by atoms with van der Waals surface area (Å²) in [6.07, 6.45) is 10.7. The van der Waals surface area contributed by atoms with E-state index in [0.717, 1.165) is 17.0 Å². The van der Waals surface area contributed by atoms with Crippen molar-refractivity contribution in [3.8, 4) is 12.3 Å². The van der Waals surface area contributed by atoms with Crippen molar-refractivity contribution in [3.05, 3.63) is 94.6 Å². The summed E-state index contributed by atoms with van der Waals surface area (Å²) in [7, 11) is 0. The number of imide groups is 1. The number of fused-ring (bicyclic) bond motifs is 1. The number of nitrogens with one attached hydrogen (secondary N) is 1. The number of ketones is 1. The highest BCUT2D eigenvalue weighted by Gasteiger charge is 2.41. The summed E-state index contributed by atoms with van der Waals surface area (Å²) in [5.41, 5.74) is 0.540. The van der Waals surface area contributed by atoms with Gasteiger partial charge in [-0.25, -0.2) is 8.78 Å². The van der Waals surface area contributed by atoms with Crippen molar-refractivity contribution in [2.24, 2.45) is 5.92 Å². The van der Waals surface area contributed by atoms with Crippen LogP contribution in [-0.4, -0.2) is 41.5 Å². The summed E-state index contributed by atoms with van der Waals surface area (Å²) in [4.78, 5) is 53.5. The van der Waals surface area contributed by atoms with Gasteiger partial charge in [-0.2, -0.15) is 0 Å². The molecule has 8 heteroatoms. The molecule has 0 fully saturated rings. The standard InChI is InChI=1S/C28H22F2N2O4/c1-2-14-31-26(34)21-11-5-3-4-8-18(25(21)33)22(17-12-13-23(29)24(30)15-17)16-32-27(35)19-9-6-7-10-20(19)28(32)36/h1,3,5-7,9-13,15,18,22H,4,8,14,16H2,(H,31,34)/b5-3-,21-11+/t18-,22?/m1/s1. The maximum atomic E-state index is 14.3. The molecule has 0 bridgehead atoms. The molecule has 0 saturated carbocycles. The van der Waals surface area contributed by atoms with Crippen LogP contribution in [-0.2, 0) is 9.59 Å². The van der Waals surface area contributed by atoms with E-state index in [1.165, 1.54) is 24.3 Å². The number of carbonyl (C=O) groups is 4. The number of allylic oxidation sites excluding steroid dienone is 3. The zero-order valence-corrected chi connectivity index (χ0v) is 19.2. The van der Waals surface area contributed by atoms with Crippen LogP contribution in [0.3, 0.4) is 0 Å². The minimum atomic E-state index is -1.12. The van der Waals surface area contributed by atoms with E-state index in [4.69, 9.17) is 6.42 Å². The first-order valence-corrected chi connectivity index (χ1v) is 11.4. The Morgan fingerprint density at radius 1 is 1.08 bits per heavy atom. The smallest absolute Gasteiger partial charge is 0.261 e. The van der Waals surface area contributed by atoms with Gasteiger partial charge in [-0.05, 0) is 48.7 Å². The lowest BCUT2D eigenvalue weighted by atomic mass is 9.77. The molecule has 2 aliphatic rings. The summed E-state index contributed by atoms with van der Waals surface area (Å²) < 4.78 is 28.0. The monoisotopic (exact) mass is 488 g/mol. The zero-order valence-electron chi connectivity index (χ0n) is 19.2. The molecule has 1 N–H and O–H groups in total. The van der Waals surface area contributed by atoms with Crippen LogP contribution in [0.5, 0.6) is 0 Å². The molecule has 6 nitrogen and oxygen atoms in total. The molecule has 2 aromatic carbocycles. The molecule has 0 aromatic heterocycles. The molecule has 0 radical (unpaired) electrons. The Morgan fingerprint density at radius 3 is 2.42 bits per heavy atom. The normalized spacial score (nSPS) is 20.5. The molecular formula is C28H22F2N2O4. The third-order valence-corrected chi connectivity index (χ3v) is 6.36. The zero-order chi connectivity index (χ0) is 25.8. The Kier molecular flexibility index (Phi) is 7.20. The van der Waals surface area contributed by atoms with Crippen LogP contribution in [0.4, 0.5) is 8.78 Å². The lowest BCUT2D eigenvalue weighted by Crippen LogP contribution is -2.40. The second-order valence-electron chi connectivity index (χ2n) is 8.49. The molecule has 0 saturated heterocycles. The van der Waals surface area contributed by atoms with Gasteiger partial charge in [0.1, 0.15) is 0 Å². The number of Topliss-reactive ketones (excluding diaryl/α,β-unsaturated/α-hetero) is 1. The Balaban J connectivity index is 1.74. The second-order valence-corrected chi connectivity index (χ2v) is 8.49. The molecule has 2 aromatic rings. The van der Waals surface area contributed by atoms with Crippen LogP contribution >= 0.6 is 0 Å². The topological polar surface area (TPSA) is 83.6 Å². The lowest BCUT2D eigenvalue weighted by Gasteiger charge is -2.30. The van der Waals surface area contributed by atoms with Crippen molar-refractivity contribution < 1.29 is 28.0 Å². The van der Waals surface area contributed by atoms with Gasteiger partial charge in [0.15, 0.2) is 17.4 Å². The number of hydrogen-bond acceptors (Lipinski definition) is 4. The van der Waals surface area contributed by atoms with Crippen molar-refractivity contribution in [3.63, 3.8) is 0 Å². The van der Waals surface area contributed by atoms with Gasteiger partial charge < -0.3 is 5.32 Å². The van der Waals surface area contributed by atoms with Gasteiger partial charge in [0, 0.05) is 18.4 Å². The number of terminal acetylenes is 1. The quantitative estimate of drug-likeness (QED) is 0.383. The number of rotatable bonds is 6. The molecule has 4 rings (SSSR count). The van der Waals surface area contributed by atoms with Crippen LogP contribution in [0, 0.1) is 29.9 Å². The third-order valence-electron chi connectivity index (χ3n) is 6.36. The summed E-state index contributed by atoms with van der Waals surface area (Å²) in [6.45, 7) is -0.337. The van der Waals surface area contributed by atoms with Crippen molar-refractivity contribution in [2.75, 3.05) is 13.1 Å². The van der Waals surface area contributed by atoms with Crippen molar-refractivity contribution in [1.29, 1.82) is 0 Å². The van der Waals surface area contributed by atoms with Gasteiger partial charge in [0.2, 0.25) is 0 Å². The average molecular weight is 488 g/mol. The van der Waals surface area contributed by atoms with Crippen LogP contribution in [0.1, 0.15) is 45.0 Å². The number of halogens is 2. The van der Waals surface area contributed by atoms with E-state index < -0.39 is 47.0 Å². The third kappa shape index (κ3) is 4.73. The number of hydrogen-bond donors (Lipinski definition) is 1. The summed E-state index contributed by atoms with van der Waals surface area (Å²) >= 11 is 0. The Bertz CT molecular complexity index is 1320. The van der Waals surface area contributed by atoms with E-state index in [0.29, 0.717) is 6.42 Å².